The van der Waals surface area contributed by atoms with E-state index in [0.717, 1.165) is 0 Å². The summed E-state index contributed by atoms with van der Waals surface area (Å²) in [6.07, 6.45) is 8.69. The Morgan fingerprint density at radius 2 is 2.08 bits per heavy atom. The predicted molar refractivity (Wildman–Crippen MR) is 63.0 cm³/mol. The van der Waals surface area contributed by atoms with Crippen LogP contribution in [0.5, 0.6) is 0 Å². The van der Waals surface area contributed by atoms with Crippen molar-refractivity contribution in [2.45, 2.75) is 6.92 Å². The molecule has 0 unspecified atom stereocenters. The zero-order valence-electron chi connectivity index (χ0n) is 7.34. The number of H-pyrrole nitrogens is 1. The number of nitrogens with one attached hydrogen (secondary N) is 1. The van der Waals surface area contributed by atoms with E-state index in [0.29, 0.717) is 0 Å². The molecule has 0 saturated heterocycles. The zero-order chi connectivity index (χ0) is 8.65. The molecule has 0 bridgehead atoms. The van der Waals surface area contributed by atoms with Crippen molar-refractivity contribution in [2.24, 2.45) is 0 Å². The van der Waals surface area contributed by atoms with Crippen LogP contribution in [0.3, 0.4) is 0 Å². The van der Waals surface area contributed by atoms with Gasteiger partial charge in [0.25, 0.3) is 0 Å². The van der Waals surface area contributed by atoms with Crippen molar-refractivity contribution < 1.29 is 0 Å². The molecule has 2 rings (SSSR count). The second-order valence-electron chi connectivity index (χ2n) is 2.29. The van der Waals surface area contributed by atoms with E-state index in [1.807, 2.05) is 25.3 Å². The van der Waals surface area contributed by atoms with Crippen molar-refractivity contribution in [3.8, 4) is 0 Å². The largest absolute Gasteiger partial charge is 0.351 e. The summed E-state index contributed by atoms with van der Waals surface area (Å²) in [6, 6.07) is 3.95. The van der Waals surface area contributed by atoms with Gasteiger partial charge in [0.2, 0.25) is 0 Å². The molecule has 2 aromatic heterocycles. The third-order valence-corrected chi connectivity index (χ3v) is 1.22. The molecule has 0 spiro atoms. The number of nitrogens with zero attached hydrogens (tertiary/aromatic N) is 2. The van der Waals surface area contributed by atoms with Gasteiger partial charge in [0.15, 0.2) is 0 Å². The quantitative estimate of drug-likeness (QED) is 0.757. The smallest absolute Gasteiger partial charge is 0.0919 e. The molecule has 0 atom stereocenters. The minimum absolute atomic E-state index is 0. The first-order valence-electron chi connectivity index (χ1n) is 3.69. The number of halogens is 1. The van der Waals surface area contributed by atoms with Crippen LogP contribution in [0.4, 0.5) is 0 Å². The Morgan fingerprint density at radius 1 is 1.23 bits per heavy atom. The number of aryl methyl sites for hydroxylation is 1. The molecule has 0 aliphatic rings. The molecule has 4 heteroatoms. The SMILES string of the molecule is Cc1cccnc1.I.c1c[nH]cn1. The molecule has 2 aromatic rings. The zero-order valence-corrected chi connectivity index (χ0v) is 9.67. The number of pyridine rings is 1. The van der Waals surface area contributed by atoms with Gasteiger partial charge in [0.05, 0.1) is 6.33 Å². The van der Waals surface area contributed by atoms with Gasteiger partial charge in [0, 0.05) is 24.8 Å². The van der Waals surface area contributed by atoms with Gasteiger partial charge in [0.1, 0.15) is 0 Å². The van der Waals surface area contributed by atoms with Gasteiger partial charge in [-0.05, 0) is 18.6 Å². The highest BCUT2D eigenvalue weighted by molar-refractivity contribution is 14.0. The lowest BCUT2D eigenvalue weighted by Gasteiger charge is -1.82. The summed E-state index contributed by atoms with van der Waals surface area (Å²) in [7, 11) is 0. The molecule has 0 saturated carbocycles. The normalized spacial score (nSPS) is 7.77. The first kappa shape index (κ1) is 12.1. The monoisotopic (exact) mass is 289 g/mol. The fourth-order valence-corrected chi connectivity index (χ4v) is 0.663. The molecule has 3 nitrogen and oxygen atoms in total. The summed E-state index contributed by atoms with van der Waals surface area (Å²) < 4.78 is 0. The molecular formula is C9H12IN3. The molecule has 0 aromatic carbocycles. The summed E-state index contributed by atoms with van der Waals surface area (Å²) in [5.41, 5.74) is 1.21. The second-order valence-corrected chi connectivity index (χ2v) is 2.29. The Hall–Kier alpha value is -0.910. The van der Waals surface area contributed by atoms with Gasteiger partial charge in [-0.2, -0.15) is 0 Å². The molecule has 0 radical (unpaired) electrons. The van der Waals surface area contributed by atoms with Crippen molar-refractivity contribution in [3.05, 3.63) is 48.8 Å². The Kier molecular flexibility index (Phi) is 7.18. The van der Waals surface area contributed by atoms with Gasteiger partial charge < -0.3 is 4.98 Å². The van der Waals surface area contributed by atoms with Crippen LogP contribution in [0.15, 0.2) is 43.2 Å². The molecule has 0 aliphatic heterocycles. The van der Waals surface area contributed by atoms with E-state index in [1.54, 1.807) is 24.9 Å². The van der Waals surface area contributed by atoms with Crippen LogP contribution in [0, 0.1) is 6.92 Å². The van der Waals surface area contributed by atoms with Crippen LogP contribution in [0.2, 0.25) is 0 Å². The van der Waals surface area contributed by atoms with Gasteiger partial charge in [-0.15, -0.1) is 24.0 Å². The van der Waals surface area contributed by atoms with Crippen LogP contribution >= 0.6 is 24.0 Å². The third kappa shape index (κ3) is 6.27. The van der Waals surface area contributed by atoms with Gasteiger partial charge in [-0.3, -0.25) is 4.98 Å². The first-order chi connectivity index (χ1) is 5.89. The van der Waals surface area contributed by atoms with E-state index in [-0.39, 0.29) is 24.0 Å². The average molecular weight is 289 g/mol. The van der Waals surface area contributed by atoms with Gasteiger partial charge >= 0.3 is 0 Å². The van der Waals surface area contributed by atoms with E-state index in [4.69, 9.17) is 0 Å². The lowest BCUT2D eigenvalue weighted by Crippen LogP contribution is -1.69. The highest BCUT2D eigenvalue weighted by Gasteiger charge is 1.73. The number of aromatic amines is 1. The van der Waals surface area contributed by atoms with Crippen molar-refractivity contribution in [1.82, 2.24) is 15.0 Å². The minimum atomic E-state index is 0. The van der Waals surface area contributed by atoms with Crippen LogP contribution in [-0.4, -0.2) is 15.0 Å². The topological polar surface area (TPSA) is 41.6 Å². The van der Waals surface area contributed by atoms with E-state index < -0.39 is 0 Å². The summed E-state index contributed by atoms with van der Waals surface area (Å²) in [4.78, 5) is 10.3. The summed E-state index contributed by atoms with van der Waals surface area (Å²) >= 11 is 0. The molecule has 0 aliphatic carbocycles. The van der Waals surface area contributed by atoms with Crippen LogP contribution in [0.25, 0.3) is 0 Å². The number of hydrogen-bond acceptors (Lipinski definition) is 2. The number of rotatable bonds is 0. The number of imidazole rings is 1. The molecule has 1 N–H and O–H groups in total. The lowest BCUT2D eigenvalue weighted by atomic mass is 10.3. The van der Waals surface area contributed by atoms with Crippen LogP contribution in [0.1, 0.15) is 5.56 Å². The van der Waals surface area contributed by atoms with Gasteiger partial charge in [-0.1, -0.05) is 6.07 Å². The van der Waals surface area contributed by atoms with Crippen molar-refractivity contribution in [1.29, 1.82) is 0 Å². The van der Waals surface area contributed by atoms with E-state index in [9.17, 15) is 0 Å². The highest BCUT2D eigenvalue weighted by atomic mass is 127. The second kappa shape index (κ2) is 7.72. The van der Waals surface area contributed by atoms with E-state index >= 15 is 0 Å². The summed E-state index contributed by atoms with van der Waals surface area (Å²) in [5, 5.41) is 0. The molecule has 0 fully saturated rings. The molecule has 2 heterocycles. The Labute approximate surface area is 94.7 Å². The summed E-state index contributed by atoms with van der Waals surface area (Å²) in [5.74, 6) is 0. The fraction of sp³-hybridized carbons (Fsp3) is 0.111. The van der Waals surface area contributed by atoms with Crippen molar-refractivity contribution in [3.63, 3.8) is 0 Å². The molecule has 70 valence electrons. The minimum Gasteiger partial charge on any atom is -0.351 e. The highest BCUT2D eigenvalue weighted by Crippen LogP contribution is 1.88. The number of aromatic nitrogens is 3. The maximum Gasteiger partial charge on any atom is 0.0919 e. The third-order valence-electron chi connectivity index (χ3n) is 1.22. The van der Waals surface area contributed by atoms with E-state index in [2.05, 4.69) is 15.0 Å². The molecular weight excluding hydrogens is 277 g/mol. The molecule has 13 heavy (non-hydrogen) atoms. The van der Waals surface area contributed by atoms with E-state index in [1.165, 1.54) is 5.56 Å². The molecule has 0 amide bonds. The Bertz CT molecular complexity index is 264. The van der Waals surface area contributed by atoms with Crippen molar-refractivity contribution >= 4 is 24.0 Å². The summed E-state index contributed by atoms with van der Waals surface area (Å²) in [6.45, 7) is 2.02. The van der Waals surface area contributed by atoms with Crippen LogP contribution in [-0.2, 0) is 0 Å². The van der Waals surface area contributed by atoms with Crippen molar-refractivity contribution in [2.75, 3.05) is 0 Å². The van der Waals surface area contributed by atoms with Gasteiger partial charge in [-0.25, -0.2) is 4.98 Å². The Balaban J connectivity index is 0.000000215. The van der Waals surface area contributed by atoms with Crippen LogP contribution < -0.4 is 0 Å². The average Bonchev–Trinajstić information content (AvgIpc) is 2.62. The first-order valence-corrected chi connectivity index (χ1v) is 3.69. The maximum absolute atomic E-state index is 3.88. The fourth-order valence-electron chi connectivity index (χ4n) is 0.663. The number of hydrogen-bond donors (Lipinski definition) is 1. The lowest BCUT2D eigenvalue weighted by molar-refractivity contribution is 1.27. The maximum atomic E-state index is 3.88. The standard InChI is InChI=1S/C6H7N.C3H4N2.HI/c1-6-3-2-4-7-5-6;1-2-5-3-4-1;/h2-5H,1H3;1-3H,(H,4,5);1H. The predicted octanol–water partition coefficient (Wildman–Crippen LogP) is 2.42. The Morgan fingerprint density at radius 3 is 2.31 bits per heavy atom.